The quantitative estimate of drug-likeness (QED) is 0.837. The van der Waals surface area contributed by atoms with Gasteiger partial charge in [0.1, 0.15) is 5.75 Å². The van der Waals surface area contributed by atoms with Gasteiger partial charge in [-0.15, -0.1) is 0 Å². The number of phenolic OH excluding ortho intramolecular Hbond substituents is 1. The lowest BCUT2D eigenvalue weighted by Crippen LogP contribution is -2.21. The minimum absolute atomic E-state index is 0.109. The van der Waals surface area contributed by atoms with Crippen molar-refractivity contribution in [1.29, 1.82) is 0 Å². The third-order valence-electron chi connectivity index (χ3n) is 1.93. The van der Waals surface area contributed by atoms with E-state index in [1.165, 1.54) is 6.07 Å². The van der Waals surface area contributed by atoms with Gasteiger partial charge in [-0.3, -0.25) is 0 Å². The highest BCUT2D eigenvalue weighted by atomic mass is 79.9. The summed E-state index contributed by atoms with van der Waals surface area (Å²) in [4.78, 5) is 0. The van der Waals surface area contributed by atoms with Crippen molar-refractivity contribution in [2.45, 2.75) is 19.1 Å². The van der Waals surface area contributed by atoms with Crippen LogP contribution in [0.5, 0.6) is 5.75 Å². The molecule has 0 spiro atoms. The van der Waals surface area contributed by atoms with E-state index in [2.05, 4.69) is 21.2 Å². The fourth-order valence-electron chi connectivity index (χ4n) is 1.12. The van der Waals surface area contributed by atoms with Gasteiger partial charge in [-0.1, -0.05) is 6.07 Å². The molecule has 0 aromatic heterocycles. The maximum Gasteiger partial charge on any atom is 0.390 e. The summed E-state index contributed by atoms with van der Waals surface area (Å²) < 4.78 is 36.0. The van der Waals surface area contributed by atoms with E-state index in [0.29, 0.717) is 11.0 Å². The van der Waals surface area contributed by atoms with Crippen LogP contribution < -0.4 is 5.32 Å². The van der Waals surface area contributed by atoms with Crippen LogP contribution in [0.25, 0.3) is 0 Å². The van der Waals surface area contributed by atoms with E-state index in [-0.39, 0.29) is 12.3 Å². The molecule has 2 N–H and O–H groups in total. The van der Waals surface area contributed by atoms with Crippen LogP contribution in [0.1, 0.15) is 12.0 Å². The number of alkyl halides is 3. The predicted molar refractivity (Wildman–Crippen MR) is 58.2 cm³/mol. The van der Waals surface area contributed by atoms with Gasteiger partial charge in [0.05, 0.1) is 10.9 Å². The van der Waals surface area contributed by atoms with Crippen LogP contribution in [-0.4, -0.2) is 17.8 Å². The minimum atomic E-state index is -4.12. The monoisotopic (exact) mass is 297 g/mol. The number of phenols is 1. The Balaban J connectivity index is 2.35. The second-order valence-electron chi connectivity index (χ2n) is 3.33. The third kappa shape index (κ3) is 4.85. The Labute approximate surface area is 99.6 Å². The van der Waals surface area contributed by atoms with Crippen LogP contribution >= 0.6 is 15.9 Å². The molecule has 0 aliphatic carbocycles. The lowest BCUT2D eigenvalue weighted by Gasteiger charge is -2.08. The van der Waals surface area contributed by atoms with Crippen molar-refractivity contribution in [3.63, 3.8) is 0 Å². The van der Waals surface area contributed by atoms with Gasteiger partial charge in [-0.2, -0.15) is 13.2 Å². The lowest BCUT2D eigenvalue weighted by molar-refractivity contribution is -0.133. The number of hydrogen-bond acceptors (Lipinski definition) is 2. The van der Waals surface area contributed by atoms with Gasteiger partial charge in [-0.05, 0) is 33.6 Å². The van der Waals surface area contributed by atoms with Gasteiger partial charge < -0.3 is 10.4 Å². The second kappa shape index (κ2) is 5.54. The fraction of sp³-hybridized carbons (Fsp3) is 0.400. The van der Waals surface area contributed by atoms with Crippen molar-refractivity contribution >= 4 is 15.9 Å². The van der Waals surface area contributed by atoms with Crippen LogP contribution in [-0.2, 0) is 6.54 Å². The molecule has 0 aliphatic rings. The lowest BCUT2D eigenvalue weighted by atomic mass is 10.2. The van der Waals surface area contributed by atoms with E-state index in [9.17, 15) is 18.3 Å². The summed E-state index contributed by atoms with van der Waals surface area (Å²) >= 11 is 3.13. The molecule has 1 aromatic carbocycles. The Bertz CT molecular complexity index is 354. The van der Waals surface area contributed by atoms with E-state index in [0.717, 1.165) is 5.56 Å². The summed E-state index contributed by atoms with van der Waals surface area (Å²) in [7, 11) is 0. The molecule has 0 saturated heterocycles. The molecular formula is C10H11BrF3NO. The van der Waals surface area contributed by atoms with E-state index in [1.54, 1.807) is 12.1 Å². The van der Waals surface area contributed by atoms with E-state index >= 15 is 0 Å². The van der Waals surface area contributed by atoms with Crippen molar-refractivity contribution < 1.29 is 18.3 Å². The van der Waals surface area contributed by atoms with Crippen molar-refractivity contribution in [2.24, 2.45) is 0 Å². The van der Waals surface area contributed by atoms with Crippen LogP contribution in [0.15, 0.2) is 22.7 Å². The number of nitrogens with one attached hydrogen (secondary N) is 1. The SMILES string of the molecule is Oc1ccc(CNCCC(F)(F)F)cc1Br. The number of benzene rings is 1. The largest absolute Gasteiger partial charge is 0.507 e. The van der Waals surface area contributed by atoms with Gasteiger partial charge >= 0.3 is 6.18 Å². The molecule has 0 heterocycles. The molecule has 0 aliphatic heterocycles. The van der Waals surface area contributed by atoms with Crippen molar-refractivity contribution in [1.82, 2.24) is 5.32 Å². The summed E-state index contributed by atoms with van der Waals surface area (Å²) in [6.45, 7) is 0.233. The average molecular weight is 298 g/mol. The number of hydrogen-bond donors (Lipinski definition) is 2. The van der Waals surface area contributed by atoms with Crippen molar-refractivity contribution in [3.05, 3.63) is 28.2 Å². The zero-order valence-corrected chi connectivity index (χ0v) is 9.90. The molecule has 0 amide bonds. The second-order valence-corrected chi connectivity index (χ2v) is 4.18. The molecule has 0 bridgehead atoms. The van der Waals surface area contributed by atoms with Gasteiger partial charge in [0.15, 0.2) is 0 Å². The van der Waals surface area contributed by atoms with E-state index in [1.807, 2.05) is 0 Å². The Kier molecular flexibility index (Phi) is 4.61. The molecule has 0 radical (unpaired) electrons. The Morgan fingerprint density at radius 3 is 2.56 bits per heavy atom. The summed E-state index contributed by atoms with van der Waals surface area (Å²) in [6.07, 6.45) is -4.96. The van der Waals surface area contributed by atoms with Crippen LogP contribution in [0.3, 0.4) is 0 Å². The normalized spacial score (nSPS) is 11.8. The van der Waals surface area contributed by atoms with E-state index in [4.69, 9.17) is 0 Å². The summed E-state index contributed by atoms with van der Waals surface area (Å²) in [5.74, 6) is 0.110. The zero-order chi connectivity index (χ0) is 12.2. The van der Waals surface area contributed by atoms with Gasteiger partial charge in [-0.25, -0.2) is 0 Å². The molecule has 2 nitrogen and oxygen atoms in total. The third-order valence-corrected chi connectivity index (χ3v) is 2.56. The number of rotatable bonds is 4. The maximum atomic E-state index is 11.8. The zero-order valence-electron chi connectivity index (χ0n) is 8.31. The first-order chi connectivity index (χ1) is 7.38. The number of aromatic hydroxyl groups is 1. The molecular weight excluding hydrogens is 287 g/mol. The van der Waals surface area contributed by atoms with E-state index < -0.39 is 12.6 Å². The molecule has 1 aromatic rings. The average Bonchev–Trinajstić information content (AvgIpc) is 2.17. The summed E-state index contributed by atoms with van der Waals surface area (Å²) in [5.41, 5.74) is 0.812. The van der Waals surface area contributed by atoms with Gasteiger partial charge in [0.25, 0.3) is 0 Å². The van der Waals surface area contributed by atoms with Crippen molar-refractivity contribution in [2.75, 3.05) is 6.54 Å². The minimum Gasteiger partial charge on any atom is -0.507 e. The van der Waals surface area contributed by atoms with Crippen molar-refractivity contribution in [3.8, 4) is 5.75 Å². The van der Waals surface area contributed by atoms with Crippen LogP contribution in [0, 0.1) is 0 Å². The highest BCUT2D eigenvalue weighted by molar-refractivity contribution is 9.10. The molecule has 1 rings (SSSR count). The first-order valence-corrected chi connectivity index (χ1v) is 5.42. The maximum absolute atomic E-state index is 11.8. The Morgan fingerprint density at radius 1 is 1.31 bits per heavy atom. The summed E-state index contributed by atoms with van der Waals surface area (Å²) in [6, 6.07) is 4.81. The standard InChI is InChI=1S/C10H11BrF3NO/c11-8-5-7(1-2-9(8)16)6-15-4-3-10(12,13)14/h1-2,5,15-16H,3-4,6H2. The van der Waals surface area contributed by atoms with Crippen LogP contribution in [0.4, 0.5) is 13.2 Å². The first kappa shape index (κ1) is 13.3. The topological polar surface area (TPSA) is 32.3 Å². The highest BCUT2D eigenvalue weighted by Crippen LogP contribution is 2.24. The highest BCUT2D eigenvalue weighted by Gasteiger charge is 2.25. The number of halogens is 4. The van der Waals surface area contributed by atoms with Crippen LogP contribution in [0.2, 0.25) is 0 Å². The van der Waals surface area contributed by atoms with Gasteiger partial charge in [0, 0.05) is 13.1 Å². The molecule has 6 heteroatoms. The fourth-order valence-corrected chi connectivity index (χ4v) is 1.55. The first-order valence-electron chi connectivity index (χ1n) is 4.63. The molecule has 0 atom stereocenters. The van der Waals surface area contributed by atoms with Gasteiger partial charge in [0.2, 0.25) is 0 Å². The molecule has 0 fully saturated rings. The summed E-state index contributed by atoms with van der Waals surface area (Å²) in [5, 5.41) is 11.9. The smallest absolute Gasteiger partial charge is 0.390 e. The Morgan fingerprint density at radius 2 is 2.00 bits per heavy atom. The Hall–Kier alpha value is -0.750. The predicted octanol–water partition coefficient (Wildman–Crippen LogP) is 3.20. The molecule has 0 saturated carbocycles. The molecule has 0 unspecified atom stereocenters. The molecule has 16 heavy (non-hydrogen) atoms. The molecule has 90 valence electrons.